The van der Waals surface area contributed by atoms with Crippen LogP contribution in [0.25, 0.3) is 0 Å². The Bertz CT molecular complexity index is 2290. The fourth-order valence-corrected chi connectivity index (χ4v) is 9.35. The highest BCUT2D eigenvalue weighted by atomic mass is 16.2. The van der Waals surface area contributed by atoms with Gasteiger partial charge in [0.15, 0.2) is 0 Å². The predicted molar refractivity (Wildman–Crippen MR) is 285 cm³/mol. The first kappa shape index (κ1) is 58.2. The van der Waals surface area contributed by atoms with Crippen molar-refractivity contribution >= 4 is 47.3 Å². The molecule has 0 bridgehead atoms. The summed E-state index contributed by atoms with van der Waals surface area (Å²) in [4.78, 5) is 115. The van der Waals surface area contributed by atoms with E-state index in [0.29, 0.717) is 12.8 Å². The lowest BCUT2D eigenvalue weighted by molar-refractivity contribution is -0.144. The fourth-order valence-electron chi connectivity index (χ4n) is 9.35. The van der Waals surface area contributed by atoms with Gasteiger partial charge in [-0.3, -0.25) is 38.4 Å². The maximum atomic E-state index is 14.6. The molecule has 18 heteroatoms. The number of likely N-dealkylation sites (tertiary alicyclic amines) is 2. The largest absolute Gasteiger partial charge is 0.352 e. The van der Waals surface area contributed by atoms with Crippen LogP contribution in [0.15, 0.2) is 84.9 Å². The van der Waals surface area contributed by atoms with Crippen LogP contribution in [0.1, 0.15) is 114 Å². The molecular weight excluding hydrogens is 941 g/mol. The van der Waals surface area contributed by atoms with Crippen molar-refractivity contribution in [1.82, 2.24) is 52.3 Å². The number of benzene rings is 3. The van der Waals surface area contributed by atoms with E-state index in [1.165, 1.54) is 15.9 Å². The Hall–Kier alpha value is -6.66. The SMILES string of the molecule is CN[C@@H](C)C(=O)N[C@H](C(=O)N1C[C@@H](NC(=O)c2cccc(C(=O)N[C@H]3C[C@@H](C(=O)NC(C)Cc4ccccc4)N(C(=O)[C@@H](NC(=O)[C@H](C)NC)C(C)(C)C)C3)c2)C[C@H]1C(=O)NC(C)Cc1ccccc1)C(C)(C)C. The van der Waals surface area contributed by atoms with E-state index in [0.717, 1.165) is 11.1 Å². The van der Waals surface area contributed by atoms with Crippen LogP contribution >= 0.6 is 0 Å². The first-order valence-corrected chi connectivity index (χ1v) is 25.8. The molecule has 402 valence electrons. The van der Waals surface area contributed by atoms with Gasteiger partial charge in [0.1, 0.15) is 24.2 Å². The van der Waals surface area contributed by atoms with Crippen molar-refractivity contribution in [1.29, 1.82) is 0 Å². The molecule has 0 aliphatic carbocycles. The number of rotatable bonds is 20. The summed E-state index contributed by atoms with van der Waals surface area (Å²) in [6, 6.07) is 18.4. The Kier molecular flexibility index (Phi) is 20.1. The van der Waals surface area contributed by atoms with E-state index in [4.69, 9.17) is 0 Å². The van der Waals surface area contributed by atoms with Gasteiger partial charge < -0.3 is 52.3 Å². The number of amides is 8. The van der Waals surface area contributed by atoms with Crippen molar-refractivity contribution in [3.05, 3.63) is 107 Å². The van der Waals surface area contributed by atoms with Crippen LogP contribution in [0.5, 0.6) is 0 Å². The minimum atomic E-state index is -1.00. The van der Waals surface area contributed by atoms with Crippen LogP contribution in [0.4, 0.5) is 0 Å². The number of nitrogens with zero attached hydrogens (tertiary/aromatic N) is 2. The average molecular weight is 1020 g/mol. The summed E-state index contributed by atoms with van der Waals surface area (Å²) in [6.07, 6.45) is 1.28. The number of hydrogen-bond acceptors (Lipinski definition) is 10. The second-order valence-corrected chi connectivity index (χ2v) is 22.2. The van der Waals surface area contributed by atoms with E-state index in [2.05, 4.69) is 42.5 Å². The van der Waals surface area contributed by atoms with E-state index in [9.17, 15) is 38.4 Å². The van der Waals surface area contributed by atoms with Crippen LogP contribution in [-0.2, 0) is 41.6 Å². The first-order chi connectivity index (χ1) is 34.8. The minimum absolute atomic E-state index is 0.0229. The normalized spacial score (nSPS) is 20.2. The first-order valence-electron chi connectivity index (χ1n) is 25.8. The van der Waals surface area contributed by atoms with E-state index >= 15 is 0 Å². The van der Waals surface area contributed by atoms with Crippen molar-refractivity contribution < 1.29 is 38.4 Å². The zero-order chi connectivity index (χ0) is 54.7. The molecule has 0 radical (unpaired) electrons. The summed E-state index contributed by atoms with van der Waals surface area (Å²) in [5.74, 6) is -3.55. The molecule has 2 saturated heterocycles. The van der Waals surface area contributed by atoms with E-state index in [-0.39, 0.29) is 61.0 Å². The molecule has 8 N–H and O–H groups in total. The van der Waals surface area contributed by atoms with Crippen LogP contribution in [0.3, 0.4) is 0 Å². The number of carbonyl (C=O) groups excluding carboxylic acids is 8. The molecule has 2 aliphatic heterocycles. The molecule has 5 rings (SSSR count). The van der Waals surface area contributed by atoms with Gasteiger partial charge in [-0.05, 0) is 108 Å². The summed E-state index contributed by atoms with van der Waals surface area (Å²) in [5.41, 5.74) is 0.850. The zero-order valence-electron chi connectivity index (χ0n) is 45.3. The maximum absolute atomic E-state index is 14.6. The molecule has 0 saturated carbocycles. The zero-order valence-corrected chi connectivity index (χ0v) is 45.3. The van der Waals surface area contributed by atoms with Crippen molar-refractivity contribution in [2.45, 2.75) is 155 Å². The summed E-state index contributed by atoms with van der Waals surface area (Å²) in [7, 11) is 3.29. The highest BCUT2D eigenvalue weighted by Gasteiger charge is 2.47. The molecule has 2 unspecified atom stereocenters. The Labute approximate surface area is 437 Å². The van der Waals surface area contributed by atoms with Crippen molar-refractivity contribution in [3.63, 3.8) is 0 Å². The lowest BCUT2D eigenvalue weighted by Crippen LogP contribution is -2.60. The molecule has 0 spiro atoms. The fraction of sp³-hybridized carbons (Fsp3) is 0.536. The average Bonchev–Trinajstić information content (AvgIpc) is 3.98. The quantitative estimate of drug-likeness (QED) is 0.0824. The van der Waals surface area contributed by atoms with Gasteiger partial charge in [0.25, 0.3) is 11.8 Å². The highest BCUT2D eigenvalue weighted by molar-refractivity contribution is 6.01. The Morgan fingerprint density at radius 1 is 0.514 bits per heavy atom. The smallest absolute Gasteiger partial charge is 0.251 e. The van der Waals surface area contributed by atoms with Crippen LogP contribution < -0.4 is 42.5 Å². The van der Waals surface area contributed by atoms with E-state index in [1.54, 1.807) is 46.1 Å². The van der Waals surface area contributed by atoms with Crippen LogP contribution in [0.2, 0.25) is 0 Å². The van der Waals surface area contributed by atoms with E-state index in [1.807, 2.05) is 116 Å². The lowest BCUT2D eigenvalue weighted by atomic mass is 9.85. The Balaban J connectivity index is 1.34. The number of nitrogens with one attached hydrogen (secondary N) is 8. The third kappa shape index (κ3) is 15.7. The molecule has 3 aromatic rings. The predicted octanol–water partition coefficient (Wildman–Crippen LogP) is 2.86. The Morgan fingerprint density at radius 3 is 1.19 bits per heavy atom. The van der Waals surface area contributed by atoms with Crippen LogP contribution in [-0.4, -0.2) is 145 Å². The van der Waals surface area contributed by atoms with Crippen molar-refractivity contribution in [3.8, 4) is 0 Å². The van der Waals surface area contributed by atoms with Crippen molar-refractivity contribution in [2.75, 3.05) is 27.2 Å². The van der Waals surface area contributed by atoms with Gasteiger partial charge in [0, 0.05) is 48.4 Å². The van der Waals surface area contributed by atoms with Gasteiger partial charge in [-0.25, -0.2) is 0 Å². The molecule has 10 atom stereocenters. The van der Waals surface area contributed by atoms with Gasteiger partial charge in [0.05, 0.1) is 12.1 Å². The third-order valence-electron chi connectivity index (χ3n) is 13.8. The van der Waals surface area contributed by atoms with Gasteiger partial charge in [0.2, 0.25) is 35.4 Å². The monoisotopic (exact) mass is 1020 g/mol. The second-order valence-electron chi connectivity index (χ2n) is 22.2. The standard InChI is InChI=1S/C56H80N10O8/c1-33(26-37-20-15-13-16-21-37)59-51(71)43-29-41(31-65(43)53(73)45(55(5,6)7)63-47(67)35(3)57-11)61-49(69)39-24-19-25-40(28-39)50(70)62-42-30-44(52(72)60-34(2)27-38-22-17-14-18-23-38)66(32-42)54(74)46(56(8,9)10)64-48(68)36(4)58-12/h13-25,28,33-36,41-46,57-58H,26-27,29-32H2,1-12H3,(H,59,71)(H,60,72)(H,61,69)(H,62,70)(H,63,67)(H,64,68)/t33?,34?,35-,36-,41-,42-,43-,44-,45+,46+/m0/s1. The molecule has 74 heavy (non-hydrogen) atoms. The van der Waals surface area contributed by atoms with Crippen molar-refractivity contribution in [2.24, 2.45) is 10.8 Å². The number of hydrogen-bond donors (Lipinski definition) is 8. The second kappa shape index (κ2) is 25.5. The lowest BCUT2D eigenvalue weighted by Gasteiger charge is -2.36. The molecule has 3 aromatic carbocycles. The molecular formula is C56H80N10O8. The van der Waals surface area contributed by atoms with Gasteiger partial charge in [-0.15, -0.1) is 0 Å². The molecule has 2 aliphatic rings. The molecule has 8 amide bonds. The summed E-state index contributed by atoms with van der Waals surface area (Å²) in [6.45, 7) is 18.1. The molecule has 0 aromatic heterocycles. The molecule has 2 fully saturated rings. The third-order valence-corrected chi connectivity index (χ3v) is 13.8. The molecule has 2 heterocycles. The van der Waals surface area contributed by atoms with Gasteiger partial charge in [-0.2, -0.15) is 0 Å². The maximum Gasteiger partial charge on any atom is 0.251 e. The highest BCUT2D eigenvalue weighted by Crippen LogP contribution is 2.29. The topological polar surface area (TPSA) is 239 Å². The summed E-state index contributed by atoms with van der Waals surface area (Å²) in [5, 5.41) is 23.7. The van der Waals surface area contributed by atoms with Crippen LogP contribution in [0, 0.1) is 10.8 Å². The summed E-state index contributed by atoms with van der Waals surface area (Å²) < 4.78 is 0. The number of carbonyl (C=O) groups is 8. The van der Waals surface area contributed by atoms with Gasteiger partial charge >= 0.3 is 0 Å². The molecule has 18 nitrogen and oxygen atoms in total. The minimum Gasteiger partial charge on any atom is -0.352 e. The summed E-state index contributed by atoms with van der Waals surface area (Å²) >= 11 is 0. The van der Waals surface area contributed by atoms with Gasteiger partial charge in [-0.1, -0.05) is 108 Å². The number of likely N-dealkylation sites (N-methyl/N-ethyl adjacent to an activating group) is 2. The van der Waals surface area contributed by atoms with E-state index < -0.39 is 94.6 Å². The Morgan fingerprint density at radius 2 is 0.865 bits per heavy atom.